The SMILES string of the molecule is COc1c(Cl)cc(Cl)cc1/C=C/C(=O)Nc1ccc(Cl)cc1-c1nc2ccccc2s1. The zero-order valence-electron chi connectivity index (χ0n) is 16.2. The molecular formula is C23H15Cl3N2O2S. The molecule has 0 atom stereocenters. The van der Waals surface area contributed by atoms with Gasteiger partial charge < -0.3 is 10.1 Å². The summed E-state index contributed by atoms with van der Waals surface area (Å²) in [7, 11) is 1.50. The van der Waals surface area contributed by atoms with E-state index in [2.05, 4.69) is 10.3 Å². The summed E-state index contributed by atoms with van der Waals surface area (Å²) in [5, 5.41) is 5.03. The van der Waals surface area contributed by atoms with E-state index in [1.54, 1.807) is 36.4 Å². The predicted octanol–water partition coefficient (Wildman–Crippen LogP) is 7.58. The number of amides is 1. The van der Waals surface area contributed by atoms with Crippen molar-refractivity contribution in [2.45, 2.75) is 0 Å². The summed E-state index contributed by atoms with van der Waals surface area (Å²) in [5.41, 5.74) is 2.84. The summed E-state index contributed by atoms with van der Waals surface area (Å²) in [6.45, 7) is 0. The second-order valence-electron chi connectivity index (χ2n) is 6.51. The second kappa shape index (κ2) is 9.28. The van der Waals surface area contributed by atoms with E-state index in [0.29, 0.717) is 32.1 Å². The van der Waals surface area contributed by atoms with E-state index in [-0.39, 0.29) is 5.91 Å². The van der Waals surface area contributed by atoms with Crippen molar-refractivity contribution in [3.05, 3.63) is 81.3 Å². The number of nitrogens with one attached hydrogen (secondary N) is 1. The molecule has 4 nitrogen and oxygen atoms in total. The van der Waals surface area contributed by atoms with Gasteiger partial charge in [-0.05, 0) is 48.5 Å². The normalized spacial score (nSPS) is 11.2. The largest absolute Gasteiger partial charge is 0.495 e. The van der Waals surface area contributed by atoms with E-state index in [9.17, 15) is 4.79 Å². The molecule has 1 amide bonds. The van der Waals surface area contributed by atoms with Crippen LogP contribution >= 0.6 is 46.1 Å². The molecule has 0 aliphatic heterocycles. The smallest absolute Gasteiger partial charge is 0.248 e. The number of methoxy groups -OCH3 is 1. The van der Waals surface area contributed by atoms with Crippen LogP contribution < -0.4 is 10.1 Å². The lowest BCUT2D eigenvalue weighted by Gasteiger charge is -2.09. The van der Waals surface area contributed by atoms with Crippen molar-refractivity contribution < 1.29 is 9.53 Å². The number of halogens is 3. The van der Waals surface area contributed by atoms with Gasteiger partial charge in [-0.1, -0.05) is 46.9 Å². The zero-order chi connectivity index (χ0) is 22.0. The number of hydrogen-bond acceptors (Lipinski definition) is 4. The summed E-state index contributed by atoms with van der Waals surface area (Å²) in [5.74, 6) is 0.111. The van der Waals surface area contributed by atoms with Gasteiger partial charge in [0.1, 0.15) is 10.8 Å². The van der Waals surface area contributed by atoms with E-state index in [0.717, 1.165) is 20.8 Å². The summed E-state index contributed by atoms with van der Waals surface area (Å²) in [4.78, 5) is 17.3. The number of ether oxygens (including phenoxy) is 1. The third-order valence-corrected chi connectivity index (χ3v) is 6.22. The molecule has 0 aliphatic rings. The number of rotatable bonds is 5. The summed E-state index contributed by atoms with van der Waals surface area (Å²) in [6.07, 6.45) is 2.99. The van der Waals surface area contributed by atoms with Crippen LogP contribution in [0.15, 0.2) is 60.7 Å². The lowest BCUT2D eigenvalue weighted by atomic mass is 10.1. The number of benzene rings is 3. The molecule has 0 unspecified atom stereocenters. The molecule has 0 spiro atoms. The molecule has 8 heteroatoms. The number of hydrogen-bond donors (Lipinski definition) is 1. The first-order chi connectivity index (χ1) is 14.9. The zero-order valence-corrected chi connectivity index (χ0v) is 19.2. The first kappa shape index (κ1) is 21.7. The Labute approximate surface area is 198 Å². The highest BCUT2D eigenvalue weighted by Gasteiger charge is 2.13. The van der Waals surface area contributed by atoms with E-state index in [1.165, 1.54) is 24.5 Å². The minimum atomic E-state index is -0.331. The summed E-state index contributed by atoms with van der Waals surface area (Å²) in [6, 6.07) is 16.4. The third kappa shape index (κ3) is 4.86. The Kier molecular flexibility index (Phi) is 6.49. The van der Waals surface area contributed by atoms with E-state index in [1.807, 2.05) is 24.3 Å². The van der Waals surface area contributed by atoms with Gasteiger partial charge in [-0.3, -0.25) is 4.79 Å². The number of nitrogens with zero attached hydrogens (tertiary/aromatic N) is 1. The number of carbonyl (C=O) groups excluding carboxylic acids is 1. The molecule has 1 aromatic heterocycles. The highest BCUT2D eigenvalue weighted by Crippen LogP contribution is 2.36. The molecule has 3 aromatic carbocycles. The Morgan fingerprint density at radius 1 is 1.06 bits per heavy atom. The van der Waals surface area contributed by atoms with E-state index >= 15 is 0 Å². The van der Waals surface area contributed by atoms with Gasteiger partial charge in [-0.25, -0.2) is 4.98 Å². The maximum absolute atomic E-state index is 12.6. The van der Waals surface area contributed by atoms with Crippen LogP contribution in [0.3, 0.4) is 0 Å². The summed E-state index contributed by atoms with van der Waals surface area (Å²) >= 11 is 20.0. The molecule has 4 rings (SSSR count). The van der Waals surface area contributed by atoms with Crippen LogP contribution in [0.4, 0.5) is 5.69 Å². The van der Waals surface area contributed by atoms with Crippen LogP contribution in [0.25, 0.3) is 26.9 Å². The molecule has 31 heavy (non-hydrogen) atoms. The van der Waals surface area contributed by atoms with Gasteiger partial charge in [-0.2, -0.15) is 0 Å². The average molecular weight is 490 g/mol. The number of thiazole rings is 1. The van der Waals surface area contributed by atoms with E-state index < -0.39 is 0 Å². The third-order valence-electron chi connectivity index (χ3n) is 4.42. The summed E-state index contributed by atoms with van der Waals surface area (Å²) < 4.78 is 6.36. The monoisotopic (exact) mass is 488 g/mol. The van der Waals surface area contributed by atoms with Crippen molar-refractivity contribution in [3.63, 3.8) is 0 Å². The van der Waals surface area contributed by atoms with Gasteiger partial charge in [-0.15, -0.1) is 11.3 Å². The molecule has 0 aliphatic carbocycles. The van der Waals surface area contributed by atoms with Crippen LogP contribution in [0, 0.1) is 0 Å². The molecule has 4 aromatic rings. The van der Waals surface area contributed by atoms with Gasteiger partial charge >= 0.3 is 0 Å². The van der Waals surface area contributed by atoms with Gasteiger partial charge in [0.15, 0.2) is 0 Å². The molecule has 156 valence electrons. The Bertz CT molecular complexity index is 1280. The topological polar surface area (TPSA) is 51.2 Å². The molecule has 0 bridgehead atoms. The number of carbonyl (C=O) groups is 1. The fourth-order valence-electron chi connectivity index (χ4n) is 3.05. The maximum atomic E-state index is 12.6. The van der Waals surface area contributed by atoms with Crippen LogP contribution in [-0.4, -0.2) is 18.0 Å². The molecule has 0 radical (unpaired) electrons. The Hall–Kier alpha value is -2.57. The highest BCUT2D eigenvalue weighted by molar-refractivity contribution is 7.21. The average Bonchev–Trinajstić information content (AvgIpc) is 3.17. The number of para-hydroxylation sites is 1. The van der Waals surface area contributed by atoms with Gasteiger partial charge in [0.25, 0.3) is 0 Å². The van der Waals surface area contributed by atoms with Gasteiger partial charge in [0.2, 0.25) is 5.91 Å². The molecule has 0 saturated carbocycles. The van der Waals surface area contributed by atoms with Crippen LogP contribution in [0.2, 0.25) is 15.1 Å². The first-order valence-corrected chi connectivity index (χ1v) is 11.1. The Morgan fingerprint density at radius 2 is 1.87 bits per heavy atom. The highest BCUT2D eigenvalue weighted by atomic mass is 35.5. The van der Waals surface area contributed by atoms with Crippen molar-refractivity contribution in [2.24, 2.45) is 0 Å². The standard InChI is InChI=1S/C23H15Cl3N2O2S/c1-30-22-13(10-15(25)12-17(22)26)6-9-21(29)27-18-8-7-14(24)11-16(18)23-28-19-4-2-3-5-20(19)31-23/h2-12H,1H3,(H,27,29)/b9-6+. The predicted molar refractivity (Wildman–Crippen MR) is 131 cm³/mol. The van der Waals surface area contributed by atoms with Crippen LogP contribution in [0.5, 0.6) is 5.75 Å². The fraction of sp³-hybridized carbons (Fsp3) is 0.0435. The minimum absolute atomic E-state index is 0.331. The lowest BCUT2D eigenvalue weighted by Crippen LogP contribution is -2.08. The number of fused-ring (bicyclic) bond motifs is 1. The van der Waals surface area contributed by atoms with Crippen molar-refractivity contribution in [1.82, 2.24) is 4.98 Å². The fourth-order valence-corrected chi connectivity index (χ4v) is 4.80. The van der Waals surface area contributed by atoms with Crippen molar-refractivity contribution >= 4 is 74.0 Å². The first-order valence-electron chi connectivity index (χ1n) is 9.12. The molecular weight excluding hydrogens is 475 g/mol. The maximum Gasteiger partial charge on any atom is 0.248 e. The molecule has 1 N–H and O–H groups in total. The van der Waals surface area contributed by atoms with Gasteiger partial charge in [0, 0.05) is 27.2 Å². The van der Waals surface area contributed by atoms with E-state index in [4.69, 9.17) is 39.5 Å². The quantitative estimate of drug-likeness (QED) is 0.294. The van der Waals surface area contributed by atoms with Crippen molar-refractivity contribution in [2.75, 3.05) is 12.4 Å². The van der Waals surface area contributed by atoms with Crippen LogP contribution in [0.1, 0.15) is 5.56 Å². The van der Waals surface area contributed by atoms with Gasteiger partial charge in [0.05, 0.1) is 28.0 Å². The molecule has 0 saturated heterocycles. The lowest BCUT2D eigenvalue weighted by molar-refractivity contribution is -0.111. The number of anilines is 1. The van der Waals surface area contributed by atoms with Crippen molar-refractivity contribution in [3.8, 4) is 16.3 Å². The molecule has 1 heterocycles. The Balaban J connectivity index is 1.63. The molecule has 0 fully saturated rings. The second-order valence-corrected chi connectivity index (χ2v) is 8.82. The van der Waals surface area contributed by atoms with Crippen molar-refractivity contribution in [1.29, 1.82) is 0 Å². The number of aromatic nitrogens is 1. The Morgan fingerprint density at radius 3 is 2.65 bits per heavy atom. The minimum Gasteiger partial charge on any atom is -0.495 e. The van der Waals surface area contributed by atoms with Crippen LogP contribution in [-0.2, 0) is 4.79 Å².